The number of anilines is 1. The Labute approximate surface area is 135 Å². The zero-order valence-electron chi connectivity index (χ0n) is 13.6. The van der Waals surface area contributed by atoms with Gasteiger partial charge in [-0.1, -0.05) is 38.0 Å². The van der Waals surface area contributed by atoms with E-state index in [-0.39, 0.29) is 23.4 Å². The molecule has 6 nitrogen and oxygen atoms in total. The van der Waals surface area contributed by atoms with Crippen molar-refractivity contribution < 1.29 is 13.9 Å². The Morgan fingerprint density at radius 1 is 1.22 bits per heavy atom. The van der Waals surface area contributed by atoms with Crippen LogP contribution in [-0.2, 0) is 10.2 Å². The number of amides is 1. The van der Waals surface area contributed by atoms with Crippen molar-refractivity contribution >= 4 is 11.9 Å². The van der Waals surface area contributed by atoms with E-state index in [9.17, 15) is 4.79 Å². The highest BCUT2D eigenvalue weighted by atomic mass is 16.5. The van der Waals surface area contributed by atoms with Gasteiger partial charge in [0.2, 0.25) is 5.89 Å². The molecule has 122 valence electrons. The molecule has 0 radical (unpaired) electrons. The van der Waals surface area contributed by atoms with Gasteiger partial charge in [0.05, 0.1) is 0 Å². The monoisotopic (exact) mass is 315 g/mol. The second-order valence-corrected chi connectivity index (χ2v) is 6.73. The number of carbonyl (C=O) groups excluding carboxylic acids is 1. The average Bonchev–Trinajstić information content (AvgIpc) is 3.17. The molecule has 1 fully saturated rings. The topological polar surface area (TPSA) is 77.2 Å². The van der Waals surface area contributed by atoms with Crippen molar-refractivity contribution in [2.75, 3.05) is 11.9 Å². The Hall–Kier alpha value is -2.21. The molecule has 2 heterocycles. The highest BCUT2D eigenvalue weighted by Crippen LogP contribution is 2.28. The number of rotatable bonds is 3. The fourth-order valence-electron chi connectivity index (χ4n) is 2.48. The first-order valence-electron chi connectivity index (χ1n) is 7.80. The lowest BCUT2D eigenvalue weighted by Gasteiger charge is -2.18. The average molecular weight is 315 g/mol. The van der Waals surface area contributed by atoms with Crippen molar-refractivity contribution in [3.05, 3.63) is 41.3 Å². The lowest BCUT2D eigenvalue weighted by atomic mass is 9.87. The number of hydrogen-bond acceptors (Lipinski definition) is 5. The summed E-state index contributed by atoms with van der Waals surface area (Å²) in [6.45, 7) is 7.10. The van der Waals surface area contributed by atoms with Crippen LogP contribution in [0, 0.1) is 0 Å². The first kappa shape index (κ1) is 15.7. The van der Waals surface area contributed by atoms with Gasteiger partial charge >= 0.3 is 6.01 Å². The molecule has 1 atom stereocenters. The lowest BCUT2D eigenvalue weighted by Crippen LogP contribution is -2.14. The van der Waals surface area contributed by atoms with Crippen LogP contribution in [0.15, 0.2) is 28.7 Å². The second kappa shape index (κ2) is 6.12. The molecule has 23 heavy (non-hydrogen) atoms. The van der Waals surface area contributed by atoms with Crippen LogP contribution in [0.3, 0.4) is 0 Å². The van der Waals surface area contributed by atoms with Crippen molar-refractivity contribution in [2.45, 2.75) is 45.1 Å². The highest BCUT2D eigenvalue weighted by molar-refractivity contribution is 6.03. The molecule has 0 spiro atoms. The van der Waals surface area contributed by atoms with Gasteiger partial charge in [-0.25, -0.2) is 0 Å². The van der Waals surface area contributed by atoms with Gasteiger partial charge in [-0.05, 0) is 36.0 Å². The molecule has 1 aliphatic rings. The van der Waals surface area contributed by atoms with Gasteiger partial charge in [-0.15, -0.1) is 5.10 Å². The molecule has 1 aliphatic heterocycles. The summed E-state index contributed by atoms with van der Waals surface area (Å²) in [4.78, 5) is 12.2. The Kier molecular flexibility index (Phi) is 4.17. The number of hydrogen-bond donors (Lipinski definition) is 1. The predicted molar refractivity (Wildman–Crippen MR) is 85.3 cm³/mol. The largest absolute Gasteiger partial charge is 0.405 e. The molecule has 1 N–H and O–H groups in total. The van der Waals surface area contributed by atoms with Gasteiger partial charge in [0, 0.05) is 12.2 Å². The molecule has 0 bridgehead atoms. The van der Waals surface area contributed by atoms with E-state index < -0.39 is 0 Å². The van der Waals surface area contributed by atoms with E-state index >= 15 is 0 Å². The quantitative estimate of drug-likeness (QED) is 0.938. The third kappa shape index (κ3) is 3.59. The molecule has 0 aliphatic carbocycles. The SMILES string of the molecule is CC(C)(C)c1ccc(C(=O)Nc2nnc(C3CCCO3)o2)cc1. The zero-order chi connectivity index (χ0) is 16.4. The van der Waals surface area contributed by atoms with Crippen LogP contribution in [0.5, 0.6) is 0 Å². The molecule has 1 saturated heterocycles. The first-order chi connectivity index (χ1) is 10.9. The van der Waals surface area contributed by atoms with Crippen molar-refractivity contribution in [3.63, 3.8) is 0 Å². The number of ether oxygens (including phenoxy) is 1. The van der Waals surface area contributed by atoms with Crippen LogP contribution in [0.4, 0.5) is 6.01 Å². The van der Waals surface area contributed by atoms with E-state index in [1.54, 1.807) is 12.1 Å². The molecule has 2 aromatic rings. The smallest absolute Gasteiger partial charge is 0.322 e. The van der Waals surface area contributed by atoms with Crippen LogP contribution >= 0.6 is 0 Å². The van der Waals surface area contributed by atoms with Gasteiger partial charge in [0.15, 0.2) is 0 Å². The summed E-state index contributed by atoms with van der Waals surface area (Å²) in [5.41, 5.74) is 1.78. The maximum atomic E-state index is 12.2. The minimum Gasteiger partial charge on any atom is -0.405 e. The highest BCUT2D eigenvalue weighted by Gasteiger charge is 2.24. The number of benzene rings is 1. The maximum Gasteiger partial charge on any atom is 0.322 e. The fraction of sp³-hybridized carbons (Fsp3) is 0.471. The summed E-state index contributed by atoms with van der Waals surface area (Å²) < 4.78 is 10.9. The predicted octanol–water partition coefficient (Wildman–Crippen LogP) is 3.47. The minimum atomic E-state index is -0.270. The summed E-state index contributed by atoms with van der Waals surface area (Å²) in [6, 6.07) is 7.61. The molecule has 3 rings (SSSR count). The normalized spacial score (nSPS) is 18.1. The van der Waals surface area contributed by atoms with E-state index in [0.29, 0.717) is 18.1 Å². The molecular formula is C17H21N3O3. The van der Waals surface area contributed by atoms with E-state index in [0.717, 1.165) is 12.8 Å². The van der Waals surface area contributed by atoms with E-state index in [4.69, 9.17) is 9.15 Å². The van der Waals surface area contributed by atoms with Gasteiger partial charge < -0.3 is 9.15 Å². The maximum absolute atomic E-state index is 12.2. The lowest BCUT2D eigenvalue weighted by molar-refractivity contribution is 0.0893. The number of aromatic nitrogens is 2. The van der Waals surface area contributed by atoms with Gasteiger partial charge in [0.1, 0.15) is 6.10 Å². The summed E-state index contributed by atoms with van der Waals surface area (Å²) in [6.07, 6.45) is 1.69. The standard InChI is InChI=1S/C17H21N3O3/c1-17(2,3)12-8-6-11(7-9-12)14(21)18-16-20-19-15(23-16)13-5-4-10-22-13/h6-9,13H,4-5,10H2,1-3H3,(H,18,20,21). The molecule has 1 unspecified atom stereocenters. The molecular weight excluding hydrogens is 294 g/mol. The third-order valence-corrected chi connectivity index (χ3v) is 3.88. The fourth-order valence-corrected chi connectivity index (χ4v) is 2.48. The number of nitrogens with zero attached hydrogens (tertiary/aromatic N) is 2. The summed E-state index contributed by atoms with van der Waals surface area (Å²) >= 11 is 0. The van der Waals surface area contributed by atoms with Crippen LogP contribution in [0.2, 0.25) is 0 Å². The van der Waals surface area contributed by atoms with Crippen LogP contribution in [0.25, 0.3) is 0 Å². The Morgan fingerprint density at radius 2 is 1.96 bits per heavy atom. The van der Waals surface area contributed by atoms with Crippen molar-refractivity contribution in [2.24, 2.45) is 0 Å². The Morgan fingerprint density at radius 3 is 2.57 bits per heavy atom. The van der Waals surface area contributed by atoms with E-state index in [2.05, 4.69) is 36.3 Å². The van der Waals surface area contributed by atoms with Gasteiger partial charge in [0.25, 0.3) is 5.91 Å². The molecule has 0 saturated carbocycles. The summed E-state index contributed by atoms with van der Waals surface area (Å²) in [5.74, 6) is 0.147. The molecule has 1 amide bonds. The Bertz CT molecular complexity index is 680. The van der Waals surface area contributed by atoms with Crippen LogP contribution in [-0.4, -0.2) is 22.7 Å². The zero-order valence-corrected chi connectivity index (χ0v) is 13.6. The summed E-state index contributed by atoms with van der Waals surface area (Å²) in [7, 11) is 0. The van der Waals surface area contributed by atoms with E-state index in [1.807, 2.05) is 12.1 Å². The molecule has 1 aromatic heterocycles. The number of carbonyl (C=O) groups is 1. The second-order valence-electron chi connectivity index (χ2n) is 6.73. The van der Waals surface area contributed by atoms with Crippen molar-refractivity contribution in [3.8, 4) is 0 Å². The van der Waals surface area contributed by atoms with E-state index in [1.165, 1.54) is 5.56 Å². The molecule has 6 heteroatoms. The van der Waals surface area contributed by atoms with Crippen LogP contribution in [0.1, 0.15) is 61.5 Å². The minimum absolute atomic E-state index is 0.0533. The first-order valence-corrected chi connectivity index (χ1v) is 7.80. The Balaban J connectivity index is 1.67. The van der Waals surface area contributed by atoms with Crippen LogP contribution < -0.4 is 5.32 Å². The number of nitrogens with one attached hydrogen (secondary N) is 1. The summed E-state index contributed by atoms with van der Waals surface area (Å²) in [5, 5.41) is 10.4. The third-order valence-electron chi connectivity index (χ3n) is 3.88. The van der Waals surface area contributed by atoms with Gasteiger partial charge in [-0.2, -0.15) is 0 Å². The van der Waals surface area contributed by atoms with Crippen molar-refractivity contribution in [1.82, 2.24) is 10.2 Å². The van der Waals surface area contributed by atoms with Crippen molar-refractivity contribution in [1.29, 1.82) is 0 Å². The van der Waals surface area contributed by atoms with Gasteiger partial charge in [-0.3, -0.25) is 10.1 Å². The molecule has 1 aromatic carbocycles.